The van der Waals surface area contributed by atoms with Gasteiger partial charge in [0, 0.05) is 24.5 Å². The zero-order valence-corrected chi connectivity index (χ0v) is 12.2. The molecule has 7 heteroatoms. The number of rotatable bonds is 4. The van der Waals surface area contributed by atoms with Crippen molar-refractivity contribution in [3.05, 3.63) is 0 Å². The van der Waals surface area contributed by atoms with E-state index in [4.69, 9.17) is 18.0 Å². The predicted octanol–water partition coefficient (Wildman–Crippen LogP) is 0.617. The highest BCUT2D eigenvalue weighted by molar-refractivity contribution is 7.87. The van der Waals surface area contributed by atoms with Crippen molar-refractivity contribution in [2.75, 3.05) is 13.1 Å². The lowest BCUT2D eigenvalue weighted by molar-refractivity contribution is 0.241. The van der Waals surface area contributed by atoms with E-state index in [0.29, 0.717) is 30.9 Å². The summed E-state index contributed by atoms with van der Waals surface area (Å²) in [6, 6.07) is -0.0936. The van der Waals surface area contributed by atoms with Gasteiger partial charge in [0.05, 0.1) is 4.99 Å². The fourth-order valence-corrected chi connectivity index (χ4v) is 3.45. The van der Waals surface area contributed by atoms with Crippen LogP contribution in [0.2, 0.25) is 0 Å². The van der Waals surface area contributed by atoms with Crippen molar-refractivity contribution in [2.45, 2.75) is 39.7 Å². The minimum atomic E-state index is -3.36. The molecule has 0 aromatic rings. The highest BCUT2D eigenvalue weighted by Crippen LogP contribution is 2.31. The Morgan fingerprint density at radius 2 is 1.88 bits per heavy atom. The molecule has 0 atom stereocenters. The van der Waals surface area contributed by atoms with Gasteiger partial charge in [0.15, 0.2) is 0 Å². The van der Waals surface area contributed by atoms with Crippen molar-refractivity contribution in [3.8, 4) is 0 Å². The van der Waals surface area contributed by atoms with Crippen molar-refractivity contribution >= 4 is 27.4 Å². The molecule has 0 bridgehead atoms. The normalized spacial score (nSPS) is 21.6. The maximum Gasteiger partial charge on any atom is 0.279 e. The average molecular weight is 279 g/mol. The van der Waals surface area contributed by atoms with E-state index in [1.807, 2.05) is 6.92 Å². The summed E-state index contributed by atoms with van der Waals surface area (Å²) in [5.74, 6) is 0. The fourth-order valence-electron chi connectivity index (χ4n) is 1.84. The van der Waals surface area contributed by atoms with Crippen molar-refractivity contribution in [1.29, 1.82) is 0 Å². The van der Waals surface area contributed by atoms with Gasteiger partial charge in [0.25, 0.3) is 10.2 Å². The highest BCUT2D eigenvalue weighted by atomic mass is 32.2. The summed E-state index contributed by atoms with van der Waals surface area (Å²) >= 11 is 5.03. The van der Waals surface area contributed by atoms with Crippen molar-refractivity contribution < 1.29 is 8.42 Å². The van der Waals surface area contributed by atoms with E-state index in [0.717, 1.165) is 0 Å². The van der Waals surface area contributed by atoms with Gasteiger partial charge in [0.1, 0.15) is 0 Å². The molecule has 0 amide bonds. The Morgan fingerprint density at radius 3 is 2.24 bits per heavy atom. The summed E-state index contributed by atoms with van der Waals surface area (Å²) in [6.07, 6.45) is 1.36. The molecule has 0 aromatic carbocycles. The molecule has 0 unspecified atom stereocenters. The second kappa shape index (κ2) is 5.17. The predicted molar refractivity (Wildman–Crippen MR) is 72.9 cm³/mol. The van der Waals surface area contributed by atoms with E-state index in [1.165, 1.54) is 4.31 Å². The quantitative estimate of drug-likeness (QED) is 0.740. The summed E-state index contributed by atoms with van der Waals surface area (Å²) in [5.41, 5.74) is 5.48. The first-order chi connectivity index (χ1) is 7.67. The SMILES string of the molecule is CC(C)NS(=O)(=O)N1CCC(C)(C(N)=S)CC1. The van der Waals surface area contributed by atoms with Crippen molar-refractivity contribution in [3.63, 3.8) is 0 Å². The standard InChI is InChI=1S/C10H21N3O2S2/c1-8(2)12-17(14,15)13-6-4-10(3,5-7-13)9(11)16/h8,12H,4-7H2,1-3H3,(H2,11,16). The van der Waals surface area contributed by atoms with E-state index in [1.54, 1.807) is 13.8 Å². The van der Waals surface area contributed by atoms with Gasteiger partial charge in [-0.25, -0.2) is 0 Å². The lowest BCUT2D eigenvalue weighted by Gasteiger charge is -2.38. The molecular formula is C10H21N3O2S2. The first-order valence-electron chi connectivity index (χ1n) is 5.75. The molecule has 1 fully saturated rings. The highest BCUT2D eigenvalue weighted by Gasteiger charge is 2.36. The third kappa shape index (κ3) is 3.61. The van der Waals surface area contributed by atoms with E-state index in [-0.39, 0.29) is 11.5 Å². The number of thiocarbonyl (C=S) groups is 1. The third-order valence-electron chi connectivity index (χ3n) is 3.15. The van der Waals surface area contributed by atoms with Crippen LogP contribution in [0.5, 0.6) is 0 Å². The third-order valence-corrected chi connectivity index (χ3v) is 5.45. The van der Waals surface area contributed by atoms with Crippen molar-refractivity contribution in [2.24, 2.45) is 11.1 Å². The van der Waals surface area contributed by atoms with Crippen LogP contribution >= 0.6 is 12.2 Å². The summed E-state index contributed by atoms with van der Waals surface area (Å²) in [6.45, 7) is 6.54. The van der Waals surface area contributed by atoms with Crippen LogP contribution < -0.4 is 10.5 Å². The van der Waals surface area contributed by atoms with Gasteiger partial charge in [-0.3, -0.25) is 0 Å². The Kier molecular flexibility index (Phi) is 4.51. The second-order valence-electron chi connectivity index (χ2n) is 5.10. The van der Waals surface area contributed by atoms with Gasteiger partial charge in [-0.05, 0) is 26.7 Å². The molecule has 0 spiro atoms. The Bertz CT molecular complexity index is 384. The zero-order chi connectivity index (χ0) is 13.3. The van der Waals surface area contributed by atoms with Gasteiger partial charge in [-0.2, -0.15) is 17.4 Å². The van der Waals surface area contributed by atoms with Gasteiger partial charge in [-0.15, -0.1) is 0 Å². The molecule has 3 N–H and O–H groups in total. The lowest BCUT2D eigenvalue weighted by Crippen LogP contribution is -2.51. The molecule has 0 aromatic heterocycles. The van der Waals surface area contributed by atoms with Crippen LogP contribution in [0.25, 0.3) is 0 Å². The van der Waals surface area contributed by atoms with E-state index in [9.17, 15) is 8.42 Å². The summed E-state index contributed by atoms with van der Waals surface area (Å²) in [7, 11) is -3.36. The smallest absolute Gasteiger partial charge is 0.279 e. The van der Waals surface area contributed by atoms with E-state index < -0.39 is 10.2 Å². The minimum Gasteiger partial charge on any atom is -0.393 e. The monoisotopic (exact) mass is 279 g/mol. The topological polar surface area (TPSA) is 75.4 Å². The number of piperidine rings is 1. The van der Waals surface area contributed by atoms with Gasteiger partial charge < -0.3 is 5.73 Å². The summed E-state index contributed by atoms with van der Waals surface area (Å²) < 4.78 is 27.9. The van der Waals surface area contributed by atoms with Crippen LogP contribution in [-0.2, 0) is 10.2 Å². The first-order valence-corrected chi connectivity index (χ1v) is 7.59. The summed E-state index contributed by atoms with van der Waals surface area (Å²) in [4.78, 5) is 0.478. The van der Waals surface area contributed by atoms with Crippen LogP contribution in [-0.4, -0.2) is 36.8 Å². The number of hydrogen-bond acceptors (Lipinski definition) is 3. The molecule has 0 radical (unpaired) electrons. The summed E-state index contributed by atoms with van der Waals surface area (Å²) in [5, 5.41) is 0. The molecule has 1 heterocycles. The maximum atomic E-state index is 11.9. The Labute approximate surface area is 109 Å². The fraction of sp³-hybridized carbons (Fsp3) is 0.900. The van der Waals surface area contributed by atoms with Crippen molar-refractivity contribution in [1.82, 2.24) is 9.03 Å². The lowest BCUT2D eigenvalue weighted by atomic mass is 9.81. The number of hydrogen-bond donors (Lipinski definition) is 2. The molecule has 0 saturated carbocycles. The zero-order valence-electron chi connectivity index (χ0n) is 10.6. The molecule has 0 aliphatic carbocycles. The molecule has 5 nitrogen and oxygen atoms in total. The number of nitrogens with two attached hydrogens (primary N) is 1. The van der Waals surface area contributed by atoms with E-state index in [2.05, 4.69) is 4.72 Å². The molecular weight excluding hydrogens is 258 g/mol. The maximum absolute atomic E-state index is 11.9. The van der Waals surface area contributed by atoms with Crippen LogP contribution in [0.1, 0.15) is 33.6 Å². The van der Waals surface area contributed by atoms with Gasteiger partial charge in [0.2, 0.25) is 0 Å². The van der Waals surface area contributed by atoms with Gasteiger partial charge >= 0.3 is 0 Å². The first kappa shape index (κ1) is 14.8. The average Bonchev–Trinajstić information content (AvgIpc) is 2.16. The molecule has 1 saturated heterocycles. The number of nitrogens with zero attached hydrogens (tertiary/aromatic N) is 1. The van der Waals surface area contributed by atoms with Crippen LogP contribution in [0.4, 0.5) is 0 Å². The molecule has 1 aliphatic heterocycles. The second-order valence-corrected chi connectivity index (χ2v) is 7.24. The number of nitrogens with one attached hydrogen (secondary N) is 1. The van der Waals surface area contributed by atoms with Crippen LogP contribution in [0.15, 0.2) is 0 Å². The van der Waals surface area contributed by atoms with Crippen LogP contribution in [0, 0.1) is 5.41 Å². The molecule has 17 heavy (non-hydrogen) atoms. The molecule has 1 aliphatic rings. The Balaban J connectivity index is 2.67. The largest absolute Gasteiger partial charge is 0.393 e. The van der Waals surface area contributed by atoms with Crippen LogP contribution in [0.3, 0.4) is 0 Å². The van der Waals surface area contributed by atoms with Gasteiger partial charge in [-0.1, -0.05) is 19.1 Å². The Morgan fingerprint density at radius 1 is 1.41 bits per heavy atom. The molecule has 100 valence electrons. The minimum absolute atomic E-state index is 0.0936. The Hall–Kier alpha value is -0.240. The van der Waals surface area contributed by atoms with E-state index >= 15 is 0 Å². The molecule has 1 rings (SSSR count).